The molecule has 0 bridgehead atoms. The Labute approximate surface area is 133 Å². The van der Waals surface area contributed by atoms with E-state index >= 15 is 0 Å². The third kappa shape index (κ3) is 4.13. The summed E-state index contributed by atoms with van der Waals surface area (Å²) in [7, 11) is 0. The minimum atomic E-state index is -0.641. The first-order valence-corrected chi connectivity index (χ1v) is 7.21. The summed E-state index contributed by atoms with van der Waals surface area (Å²) in [4.78, 5) is 12.1. The second kappa shape index (κ2) is 6.83. The predicted octanol–water partition coefficient (Wildman–Crippen LogP) is 4.71. The van der Waals surface area contributed by atoms with Crippen LogP contribution in [0.3, 0.4) is 0 Å². The van der Waals surface area contributed by atoms with Crippen LogP contribution in [0.5, 0.6) is 5.75 Å². The monoisotopic (exact) mass is 323 g/mol. The van der Waals surface area contributed by atoms with Gasteiger partial charge in [-0.1, -0.05) is 41.4 Å². The maximum atomic E-state index is 12.1. The van der Waals surface area contributed by atoms with Gasteiger partial charge in [0.2, 0.25) is 0 Å². The smallest absolute Gasteiger partial charge is 0.265 e. The lowest BCUT2D eigenvalue weighted by Crippen LogP contribution is -2.30. The van der Waals surface area contributed by atoms with Gasteiger partial charge in [0.1, 0.15) is 5.75 Å². The largest absolute Gasteiger partial charge is 0.481 e. The number of amides is 1. The van der Waals surface area contributed by atoms with Crippen molar-refractivity contribution in [3.63, 3.8) is 0 Å². The molecule has 0 radical (unpaired) electrons. The molecular formula is C16H15Cl2NO2. The minimum absolute atomic E-state index is 0.275. The first-order chi connectivity index (χ1) is 9.97. The summed E-state index contributed by atoms with van der Waals surface area (Å²) in [5.41, 5.74) is 1.48. The lowest BCUT2D eigenvalue weighted by molar-refractivity contribution is -0.122. The predicted molar refractivity (Wildman–Crippen MR) is 86.4 cm³/mol. The first kappa shape index (κ1) is 15.7. The molecule has 21 heavy (non-hydrogen) atoms. The molecule has 1 atom stereocenters. The van der Waals surface area contributed by atoms with Crippen LogP contribution >= 0.6 is 23.2 Å². The van der Waals surface area contributed by atoms with E-state index in [1.165, 1.54) is 0 Å². The van der Waals surface area contributed by atoms with Gasteiger partial charge in [-0.2, -0.15) is 0 Å². The standard InChI is InChI=1S/C16H15Cl2NO2/c1-10-5-3-4-6-15(10)21-11(2)16(20)19-14-8-7-12(17)9-13(14)18/h3-9,11H,1-2H3,(H,19,20). The van der Waals surface area contributed by atoms with Crippen LogP contribution in [0.25, 0.3) is 0 Å². The fourth-order valence-electron chi connectivity index (χ4n) is 1.76. The summed E-state index contributed by atoms with van der Waals surface area (Å²) < 4.78 is 5.66. The normalized spacial score (nSPS) is 11.8. The van der Waals surface area contributed by atoms with E-state index in [0.29, 0.717) is 21.5 Å². The number of carbonyl (C=O) groups is 1. The molecule has 2 aromatic rings. The van der Waals surface area contributed by atoms with E-state index in [1.54, 1.807) is 25.1 Å². The lowest BCUT2D eigenvalue weighted by Gasteiger charge is -2.16. The Bertz CT molecular complexity index is 658. The molecule has 0 aromatic heterocycles. The van der Waals surface area contributed by atoms with Crippen molar-refractivity contribution < 1.29 is 9.53 Å². The van der Waals surface area contributed by atoms with Gasteiger partial charge in [0, 0.05) is 5.02 Å². The molecule has 0 spiro atoms. The number of hydrogen-bond acceptors (Lipinski definition) is 2. The number of ether oxygens (including phenoxy) is 1. The van der Waals surface area contributed by atoms with Gasteiger partial charge in [-0.25, -0.2) is 0 Å². The SMILES string of the molecule is Cc1ccccc1OC(C)C(=O)Nc1ccc(Cl)cc1Cl. The Hall–Kier alpha value is -1.71. The summed E-state index contributed by atoms with van der Waals surface area (Å²) in [5.74, 6) is 0.407. The molecule has 1 N–H and O–H groups in total. The summed E-state index contributed by atoms with van der Waals surface area (Å²) in [6.45, 7) is 3.61. The number of hydrogen-bond donors (Lipinski definition) is 1. The third-order valence-electron chi connectivity index (χ3n) is 2.96. The molecule has 0 saturated carbocycles. The van der Waals surface area contributed by atoms with Crippen LogP contribution < -0.4 is 10.1 Å². The fraction of sp³-hybridized carbons (Fsp3) is 0.188. The highest BCUT2D eigenvalue weighted by atomic mass is 35.5. The van der Waals surface area contributed by atoms with E-state index in [9.17, 15) is 4.79 Å². The van der Waals surface area contributed by atoms with Gasteiger partial charge in [-0.3, -0.25) is 4.79 Å². The number of benzene rings is 2. The molecule has 110 valence electrons. The Balaban J connectivity index is 2.04. The van der Waals surface area contributed by atoms with Crippen molar-refractivity contribution in [3.8, 4) is 5.75 Å². The number of rotatable bonds is 4. The summed E-state index contributed by atoms with van der Waals surface area (Å²) in [6, 6.07) is 12.4. The number of anilines is 1. The zero-order chi connectivity index (χ0) is 15.4. The Morgan fingerprint density at radius 3 is 2.57 bits per heavy atom. The van der Waals surface area contributed by atoms with Crippen LogP contribution in [0.1, 0.15) is 12.5 Å². The van der Waals surface area contributed by atoms with Crippen LogP contribution in [-0.2, 0) is 4.79 Å². The molecule has 5 heteroatoms. The zero-order valence-electron chi connectivity index (χ0n) is 11.7. The first-order valence-electron chi connectivity index (χ1n) is 6.45. The average molecular weight is 324 g/mol. The third-order valence-corrected chi connectivity index (χ3v) is 3.50. The molecule has 0 fully saturated rings. The molecule has 0 saturated heterocycles. The van der Waals surface area contributed by atoms with E-state index in [0.717, 1.165) is 5.56 Å². The highest BCUT2D eigenvalue weighted by Gasteiger charge is 2.16. The maximum Gasteiger partial charge on any atom is 0.265 e. The van der Waals surface area contributed by atoms with Crippen molar-refractivity contribution in [2.24, 2.45) is 0 Å². The van der Waals surface area contributed by atoms with Crippen LogP contribution in [0, 0.1) is 6.92 Å². The van der Waals surface area contributed by atoms with Gasteiger partial charge in [0.15, 0.2) is 6.10 Å². The quantitative estimate of drug-likeness (QED) is 0.885. The lowest BCUT2D eigenvalue weighted by atomic mass is 10.2. The van der Waals surface area contributed by atoms with Gasteiger partial charge >= 0.3 is 0 Å². The summed E-state index contributed by atoms with van der Waals surface area (Å²) >= 11 is 11.8. The Kier molecular flexibility index (Phi) is 5.10. The van der Waals surface area contributed by atoms with Gasteiger partial charge < -0.3 is 10.1 Å². The van der Waals surface area contributed by atoms with E-state index in [2.05, 4.69) is 5.32 Å². The molecule has 3 nitrogen and oxygen atoms in total. The molecule has 2 aromatic carbocycles. The van der Waals surface area contributed by atoms with Crippen molar-refractivity contribution >= 4 is 34.8 Å². The second-order valence-electron chi connectivity index (χ2n) is 4.64. The number of halogens is 2. The maximum absolute atomic E-state index is 12.1. The summed E-state index contributed by atoms with van der Waals surface area (Å²) in [5, 5.41) is 3.63. The van der Waals surface area contributed by atoms with Gasteiger partial charge in [-0.05, 0) is 43.7 Å². The molecule has 1 unspecified atom stereocenters. The van der Waals surface area contributed by atoms with Crippen molar-refractivity contribution in [1.82, 2.24) is 0 Å². The van der Waals surface area contributed by atoms with Crippen molar-refractivity contribution in [1.29, 1.82) is 0 Å². The van der Waals surface area contributed by atoms with Crippen LogP contribution in [0.15, 0.2) is 42.5 Å². The van der Waals surface area contributed by atoms with Gasteiger partial charge in [0.25, 0.3) is 5.91 Å². The molecule has 1 amide bonds. The van der Waals surface area contributed by atoms with Crippen molar-refractivity contribution in [3.05, 3.63) is 58.1 Å². The highest BCUT2D eigenvalue weighted by Crippen LogP contribution is 2.26. The molecule has 0 heterocycles. The van der Waals surface area contributed by atoms with Crippen molar-refractivity contribution in [2.45, 2.75) is 20.0 Å². The number of aryl methyl sites for hydroxylation is 1. The van der Waals surface area contributed by atoms with Crippen LogP contribution in [-0.4, -0.2) is 12.0 Å². The Morgan fingerprint density at radius 2 is 1.90 bits per heavy atom. The number of carbonyl (C=O) groups excluding carboxylic acids is 1. The van der Waals surface area contributed by atoms with E-state index in [4.69, 9.17) is 27.9 Å². The fourth-order valence-corrected chi connectivity index (χ4v) is 2.21. The Morgan fingerprint density at radius 1 is 1.19 bits per heavy atom. The van der Waals surface area contributed by atoms with Crippen LogP contribution in [0.2, 0.25) is 10.0 Å². The average Bonchev–Trinajstić information content (AvgIpc) is 2.44. The highest BCUT2D eigenvalue weighted by molar-refractivity contribution is 6.36. The van der Waals surface area contributed by atoms with Gasteiger partial charge in [0.05, 0.1) is 10.7 Å². The van der Waals surface area contributed by atoms with Crippen LogP contribution in [0.4, 0.5) is 5.69 Å². The van der Waals surface area contributed by atoms with Gasteiger partial charge in [-0.15, -0.1) is 0 Å². The van der Waals surface area contributed by atoms with E-state index in [1.807, 2.05) is 31.2 Å². The summed E-state index contributed by atoms with van der Waals surface area (Å²) in [6.07, 6.45) is -0.641. The van der Waals surface area contributed by atoms with E-state index < -0.39 is 6.10 Å². The number of para-hydroxylation sites is 1. The second-order valence-corrected chi connectivity index (χ2v) is 5.48. The molecular weight excluding hydrogens is 309 g/mol. The topological polar surface area (TPSA) is 38.3 Å². The molecule has 0 aliphatic heterocycles. The zero-order valence-corrected chi connectivity index (χ0v) is 13.2. The molecule has 0 aliphatic carbocycles. The molecule has 0 aliphatic rings. The molecule has 2 rings (SSSR count). The number of nitrogens with one attached hydrogen (secondary N) is 1. The minimum Gasteiger partial charge on any atom is -0.481 e. The van der Waals surface area contributed by atoms with Crippen molar-refractivity contribution in [2.75, 3.05) is 5.32 Å². The van der Waals surface area contributed by atoms with E-state index in [-0.39, 0.29) is 5.91 Å².